The van der Waals surface area contributed by atoms with Crippen molar-refractivity contribution in [3.63, 3.8) is 0 Å². The van der Waals surface area contributed by atoms with Crippen LogP contribution in [0.2, 0.25) is 0 Å². The molecule has 8 unspecified atom stereocenters. The van der Waals surface area contributed by atoms with E-state index in [2.05, 4.69) is 49.5 Å². The predicted molar refractivity (Wildman–Crippen MR) is 215 cm³/mol. The summed E-state index contributed by atoms with van der Waals surface area (Å²) in [6.07, 6.45) is 20.8. The number of unbranched alkanes of at least 4 members (excludes halogenated alkanes) is 13. The van der Waals surface area contributed by atoms with Crippen molar-refractivity contribution < 1.29 is 59.0 Å². The van der Waals surface area contributed by atoms with Crippen LogP contribution in [0, 0.1) is 0 Å². The Morgan fingerprint density at radius 3 is 1.67 bits per heavy atom. The molecule has 0 aromatic rings. The van der Waals surface area contributed by atoms with Crippen LogP contribution in [0.25, 0.3) is 0 Å². The van der Waals surface area contributed by atoms with Gasteiger partial charge in [-0.2, -0.15) is 0 Å². The predicted octanol–water partition coefficient (Wildman–Crippen LogP) is 5.58. The van der Waals surface area contributed by atoms with Crippen molar-refractivity contribution in [2.45, 2.75) is 197 Å². The number of aliphatic hydroxyl groups excluding tert-OH is 7. The number of hydrogen-bond acceptors (Lipinski definition) is 11. The molecule has 0 aliphatic heterocycles. The first kappa shape index (κ1) is 51.3. The largest absolute Gasteiger partial charge is 0.472 e. The maximum absolute atomic E-state index is 12.9. The summed E-state index contributed by atoms with van der Waals surface area (Å²) in [6, 6.07) is -1.27. The summed E-state index contributed by atoms with van der Waals surface area (Å²) in [6.45, 7) is 3.60. The van der Waals surface area contributed by atoms with E-state index >= 15 is 0 Å². The molecular formula is C41H74NO12P. The molecule has 0 aromatic carbocycles. The normalized spacial score (nSPS) is 24.9. The number of rotatable bonds is 32. The molecule has 1 aliphatic carbocycles. The number of allylic oxidation sites excluding steroid dienone is 7. The van der Waals surface area contributed by atoms with E-state index in [1.807, 2.05) is 6.08 Å². The second-order valence-electron chi connectivity index (χ2n) is 14.6. The second kappa shape index (κ2) is 31.3. The smallest absolute Gasteiger partial charge is 0.393 e. The first-order chi connectivity index (χ1) is 26.3. The van der Waals surface area contributed by atoms with Gasteiger partial charge in [0.05, 0.1) is 31.3 Å². The van der Waals surface area contributed by atoms with Crippen molar-refractivity contribution in [3.8, 4) is 0 Å². The summed E-state index contributed by atoms with van der Waals surface area (Å²) in [5.41, 5.74) is 0. The Morgan fingerprint density at radius 2 is 1.11 bits per heavy atom. The van der Waals surface area contributed by atoms with Crippen molar-refractivity contribution in [1.82, 2.24) is 5.32 Å². The van der Waals surface area contributed by atoms with Gasteiger partial charge in [-0.1, -0.05) is 120 Å². The van der Waals surface area contributed by atoms with E-state index in [4.69, 9.17) is 9.05 Å². The molecule has 55 heavy (non-hydrogen) atoms. The summed E-state index contributed by atoms with van der Waals surface area (Å²) in [4.78, 5) is 23.3. The average molecular weight is 804 g/mol. The van der Waals surface area contributed by atoms with E-state index in [0.717, 1.165) is 57.8 Å². The molecule has 13 nitrogen and oxygen atoms in total. The number of phosphoric acid groups is 1. The van der Waals surface area contributed by atoms with Crippen molar-refractivity contribution >= 4 is 13.7 Å². The molecule has 1 amide bonds. The highest BCUT2D eigenvalue weighted by molar-refractivity contribution is 7.47. The lowest BCUT2D eigenvalue weighted by atomic mass is 9.85. The lowest BCUT2D eigenvalue weighted by Crippen LogP contribution is -2.64. The van der Waals surface area contributed by atoms with Crippen LogP contribution in [0.5, 0.6) is 0 Å². The third kappa shape index (κ3) is 23.9. The number of nitrogens with one attached hydrogen (secondary N) is 1. The fraction of sp³-hybridized carbons (Fsp3) is 0.780. The SMILES string of the molecule is CCC/C=C/CC/C=C/CC/C=C/C(O)C(COP(=O)(O)OC1C(O)C(O)C(O)C(O)C1O)NC(=O)CC(O)CCCCC/C=C\CCCCCCCCC. The maximum atomic E-state index is 12.9. The van der Waals surface area contributed by atoms with Crippen LogP contribution in [-0.4, -0.2) is 108 Å². The Balaban J connectivity index is 2.65. The van der Waals surface area contributed by atoms with Gasteiger partial charge in [0.1, 0.15) is 36.6 Å². The lowest BCUT2D eigenvalue weighted by molar-refractivity contribution is -0.220. The Bertz CT molecular complexity index is 1130. The van der Waals surface area contributed by atoms with Crippen LogP contribution >= 0.6 is 7.82 Å². The van der Waals surface area contributed by atoms with Crippen molar-refractivity contribution in [1.29, 1.82) is 0 Å². The zero-order valence-electron chi connectivity index (χ0n) is 33.3. The van der Waals surface area contributed by atoms with E-state index in [-0.39, 0.29) is 6.42 Å². The van der Waals surface area contributed by atoms with Crippen molar-refractivity contribution in [3.05, 3.63) is 48.6 Å². The zero-order chi connectivity index (χ0) is 40.9. The number of carbonyl (C=O) groups excluding carboxylic acids is 1. The number of aliphatic hydroxyl groups is 7. The third-order valence-corrected chi connectivity index (χ3v) is 10.6. The Morgan fingerprint density at radius 1 is 0.636 bits per heavy atom. The number of hydrogen-bond donors (Lipinski definition) is 9. The van der Waals surface area contributed by atoms with Gasteiger partial charge in [0.25, 0.3) is 0 Å². The summed E-state index contributed by atoms with van der Waals surface area (Å²) in [5, 5.41) is 74.1. The number of amides is 1. The molecule has 1 rings (SSSR count). The standard InChI is InChI=1S/C41H74NO12P/c1-3-5-7-9-11-13-15-16-17-19-20-22-24-26-28-32(43)30-35(45)42-33(34(44)29-27-25-23-21-18-14-12-10-8-6-4-2)31-53-55(51,52)54-41-39(49)37(47)36(46)38(48)40(41)50/h8,10,17-19,21,27,29,32-34,36-41,43-44,46-50H,3-7,9,11-16,20,22-26,28,30-31H2,1-2H3,(H,42,45)(H,51,52)/b10-8+,19-17-,21-18+,29-27+. The van der Waals surface area contributed by atoms with Gasteiger partial charge >= 0.3 is 7.82 Å². The summed E-state index contributed by atoms with van der Waals surface area (Å²) in [7, 11) is -5.15. The van der Waals surface area contributed by atoms with Gasteiger partial charge in [-0.3, -0.25) is 13.8 Å². The van der Waals surface area contributed by atoms with Gasteiger partial charge in [-0.15, -0.1) is 0 Å². The number of phosphoric ester groups is 1. The summed E-state index contributed by atoms with van der Waals surface area (Å²) >= 11 is 0. The molecule has 320 valence electrons. The zero-order valence-corrected chi connectivity index (χ0v) is 34.2. The highest BCUT2D eigenvalue weighted by atomic mass is 31.2. The average Bonchev–Trinajstić information content (AvgIpc) is 3.15. The van der Waals surface area contributed by atoms with Gasteiger partial charge in [-0.25, -0.2) is 4.57 Å². The van der Waals surface area contributed by atoms with Gasteiger partial charge < -0.3 is 46.0 Å². The molecule has 8 atom stereocenters. The highest BCUT2D eigenvalue weighted by Gasteiger charge is 2.51. The first-order valence-electron chi connectivity index (χ1n) is 20.7. The van der Waals surface area contributed by atoms with E-state index < -0.39 is 75.2 Å². The Hall–Kier alpha value is -1.74. The van der Waals surface area contributed by atoms with Crippen LogP contribution in [-0.2, 0) is 18.4 Å². The molecule has 0 radical (unpaired) electrons. The molecule has 0 heterocycles. The van der Waals surface area contributed by atoms with Crippen molar-refractivity contribution in [2.24, 2.45) is 0 Å². The topological polar surface area (TPSA) is 226 Å². The molecular weight excluding hydrogens is 729 g/mol. The highest BCUT2D eigenvalue weighted by Crippen LogP contribution is 2.47. The van der Waals surface area contributed by atoms with Gasteiger partial charge in [0.2, 0.25) is 5.91 Å². The van der Waals surface area contributed by atoms with Crippen LogP contribution < -0.4 is 5.32 Å². The molecule has 14 heteroatoms. The molecule has 0 bridgehead atoms. The molecule has 1 fully saturated rings. The van der Waals surface area contributed by atoms with Gasteiger partial charge in [0, 0.05) is 0 Å². The minimum Gasteiger partial charge on any atom is -0.393 e. The van der Waals surface area contributed by atoms with Gasteiger partial charge in [0.15, 0.2) is 0 Å². The Kier molecular flexibility index (Phi) is 29.2. The van der Waals surface area contributed by atoms with E-state index in [1.165, 1.54) is 51.0 Å². The van der Waals surface area contributed by atoms with Crippen LogP contribution in [0.15, 0.2) is 48.6 Å². The second-order valence-corrected chi connectivity index (χ2v) is 16.0. The van der Waals surface area contributed by atoms with E-state index in [1.54, 1.807) is 6.08 Å². The molecule has 0 saturated heterocycles. The monoisotopic (exact) mass is 803 g/mol. The third-order valence-electron chi connectivity index (χ3n) is 9.60. The fourth-order valence-corrected chi connectivity index (χ4v) is 7.12. The molecule has 1 saturated carbocycles. The maximum Gasteiger partial charge on any atom is 0.472 e. The minimum atomic E-state index is -5.15. The summed E-state index contributed by atoms with van der Waals surface area (Å²) < 4.78 is 22.7. The quantitative estimate of drug-likeness (QED) is 0.0231. The van der Waals surface area contributed by atoms with Gasteiger partial charge in [-0.05, 0) is 64.2 Å². The van der Waals surface area contributed by atoms with E-state index in [0.29, 0.717) is 19.3 Å². The lowest BCUT2D eigenvalue weighted by Gasteiger charge is -2.41. The molecule has 9 N–H and O–H groups in total. The summed E-state index contributed by atoms with van der Waals surface area (Å²) in [5.74, 6) is -0.621. The van der Waals surface area contributed by atoms with E-state index in [9.17, 15) is 50.0 Å². The number of carbonyl (C=O) groups is 1. The van der Waals surface area contributed by atoms with Crippen molar-refractivity contribution in [2.75, 3.05) is 6.61 Å². The van der Waals surface area contributed by atoms with Crippen LogP contribution in [0.3, 0.4) is 0 Å². The Labute approximate surface area is 329 Å². The first-order valence-corrected chi connectivity index (χ1v) is 22.2. The molecule has 1 aliphatic rings. The molecule has 0 aromatic heterocycles. The van der Waals surface area contributed by atoms with Crippen LogP contribution in [0.4, 0.5) is 0 Å². The molecule has 0 spiro atoms. The minimum absolute atomic E-state index is 0.268. The van der Waals surface area contributed by atoms with Crippen LogP contribution in [0.1, 0.15) is 142 Å². The fourth-order valence-electron chi connectivity index (χ4n) is 6.15.